The van der Waals surface area contributed by atoms with E-state index in [0.29, 0.717) is 18.4 Å². The number of nitrogens with zero attached hydrogens (tertiary/aromatic N) is 1. The van der Waals surface area contributed by atoms with E-state index in [1.54, 1.807) is 30.3 Å². The number of allylic oxidation sites excluding steroid dienone is 4. The van der Waals surface area contributed by atoms with Gasteiger partial charge in [-0.1, -0.05) is 36.4 Å². The van der Waals surface area contributed by atoms with Gasteiger partial charge in [0.2, 0.25) is 11.3 Å². The minimum Gasteiger partial charge on any atom is -0.320 e. The lowest BCUT2D eigenvalue weighted by Crippen LogP contribution is -2.52. The largest absolute Gasteiger partial charge is 0.320 e. The lowest BCUT2D eigenvalue weighted by Gasteiger charge is -2.42. The van der Waals surface area contributed by atoms with Gasteiger partial charge in [-0.25, -0.2) is 8.78 Å². The summed E-state index contributed by atoms with van der Waals surface area (Å²) >= 11 is 0. The molecule has 1 aromatic carbocycles. The highest BCUT2D eigenvalue weighted by Gasteiger charge is 2.57. The fourth-order valence-electron chi connectivity index (χ4n) is 3.57. The molecule has 0 aromatic heterocycles. The normalized spacial score (nSPS) is 30.0. The Morgan fingerprint density at radius 3 is 2.50 bits per heavy atom. The number of hydrogen-bond donors (Lipinski definition) is 1. The van der Waals surface area contributed by atoms with Gasteiger partial charge < -0.3 is 15.2 Å². The summed E-state index contributed by atoms with van der Waals surface area (Å²) in [5.41, 5.74) is 6.20. The molecular formula is C19H23F2N2O2P. The predicted molar refractivity (Wildman–Crippen MR) is 99.6 cm³/mol. The van der Waals surface area contributed by atoms with Gasteiger partial charge in [0, 0.05) is 12.1 Å². The first-order chi connectivity index (χ1) is 12.2. The Labute approximate surface area is 152 Å². The Morgan fingerprint density at radius 1 is 1.23 bits per heavy atom. The molecule has 2 N–H and O–H groups in total. The monoisotopic (exact) mass is 380 g/mol. The number of piperidine rings is 1. The maximum Gasteiger partial charge on any atom is 0.243 e. The van der Waals surface area contributed by atoms with Crippen molar-refractivity contribution in [1.29, 1.82) is 0 Å². The summed E-state index contributed by atoms with van der Waals surface area (Å²) in [5, 5.41) is -2.71. The van der Waals surface area contributed by atoms with E-state index in [1.165, 1.54) is 30.4 Å². The molecule has 0 saturated carbocycles. The van der Waals surface area contributed by atoms with Crippen LogP contribution in [0.2, 0.25) is 0 Å². The van der Waals surface area contributed by atoms with Gasteiger partial charge in [-0.3, -0.25) is 4.79 Å². The highest BCUT2D eigenvalue weighted by molar-refractivity contribution is 7.64. The van der Waals surface area contributed by atoms with Crippen LogP contribution in [0.5, 0.6) is 0 Å². The molecule has 1 saturated heterocycles. The topological polar surface area (TPSA) is 63.4 Å². The number of carbonyl (C=O) groups is 1. The number of rotatable bonds is 3. The maximum atomic E-state index is 16.1. The average Bonchev–Trinajstić information content (AvgIpc) is 2.60. The van der Waals surface area contributed by atoms with Crippen molar-refractivity contribution >= 4 is 18.6 Å². The summed E-state index contributed by atoms with van der Waals surface area (Å²) < 4.78 is 44.5. The van der Waals surface area contributed by atoms with E-state index in [-0.39, 0.29) is 17.8 Å². The van der Waals surface area contributed by atoms with Crippen molar-refractivity contribution in [2.75, 3.05) is 19.9 Å². The number of hydrogen-bond acceptors (Lipinski definition) is 3. The van der Waals surface area contributed by atoms with Crippen LogP contribution in [0.1, 0.15) is 18.4 Å². The molecule has 3 rings (SSSR count). The molecule has 2 aliphatic rings. The molecule has 0 radical (unpaired) electrons. The van der Waals surface area contributed by atoms with Crippen molar-refractivity contribution < 1.29 is 18.1 Å². The molecular weight excluding hydrogens is 357 g/mol. The van der Waals surface area contributed by atoms with Crippen LogP contribution >= 0.6 is 7.14 Å². The summed E-state index contributed by atoms with van der Waals surface area (Å²) in [6, 6.07) is 7.79. The first kappa shape index (κ1) is 19.0. The Hall–Kier alpha value is -1.78. The Kier molecular flexibility index (Phi) is 4.93. The number of likely N-dealkylation sites (tertiary alicyclic amines) is 1. The fraction of sp³-hybridized carbons (Fsp3) is 0.421. The van der Waals surface area contributed by atoms with Crippen LogP contribution in [0.3, 0.4) is 0 Å². The smallest absolute Gasteiger partial charge is 0.243 e. The molecule has 1 aromatic rings. The quantitative estimate of drug-likeness (QED) is 0.816. The van der Waals surface area contributed by atoms with Crippen molar-refractivity contribution in [3.63, 3.8) is 0 Å². The average molecular weight is 380 g/mol. The maximum absolute atomic E-state index is 16.1. The van der Waals surface area contributed by atoms with E-state index < -0.39 is 30.7 Å². The number of nitrogens with two attached hydrogens (primary N) is 1. The van der Waals surface area contributed by atoms with Gasteiger partial charge in [-0.05, 0) is 37.8 Å². The van der Waals surface area contributed by atoms with E-state index in [2.05, 4.69) is 0 Å². The van der Waals surface area contributed by atoms with Crippen molar-refractivity contribution in [1.82, 2.24) is 4.90 Å². The third kappa shape index (κ3) is 2.95. The Morgan fingerprint density at radius 2 is 1.88 bits per heavy atom. The zero-order valence-corrected chi connectivity index (χ0v) is 15.8. The third-order valence-electron chi connectivity index (χ3n) is 5.05. The molecule has 4 nitrogen and oxygen atoms in total. The summed E-state index contributed by atoms with van der Waals surface area (Å²) in [5.74, 6) is -0.425. The second-order valence-electron chi connectivity index (χ2n) is 7.16. The van der Waals surface area contributed by atoms with Crippen molar-refractivity contribution in [2.24, 2.45) is 5.73 Å². The number of alkyl halides is 2. The number of halogens is 2. The van der Waals surface area contributed by atoms with Crippen LogP contribution in [0, 0.1) is 0 Å². The molecule has 1 aliphatic carbocycles. The zero-order valence-electron chi connectivity index (χ0n) is 14.9. The van der Waals surface area contributed by atoms with Crippen LogP contribution in [0.4, 0.5) is 8.78 Å². The van der Waals surface area contributed by atoms with Crippen LogP contribution in [0.25, 0.3) is 5.57 Å². The third-order valence-corrected chi connectivity index (χ3v) is 7.09. The fourth-order valence-corrected chi connectivity index (χ4v) is 5.03. The van der Waals surface area contributed by atoms with Crippen LogP contribution in [0.15, 0.2) is 48.2 Å². The molecule has 3 atom stereocenters. The minimum absolute atomic E-state index is 0.0384. The van der Waals surface area contributed by atoms with Crippen molar-refractivity contribution in [2.45, 2.75) is 30.5 Å². The van der Waals surface area contributed by atoms with E-state index >= 15 is 8.78 Å². The molecule has 1 heterocycles. The van der Waals surface area contributed by atoms with Crippen LogP contribution in [-0.2, 0) is 9.36 Å². The second-order valence-corrected chi connectivity index (χ2v) is 10.5. The number of benzene rings is 1. The molecule has 26 heavy (non-hydrogen) atoms. The van der Waals surface area contributed by atoms with E-state index in [4.69, 9.17) is 5.73 Å². The van der Waals surface area contributed by atoms with Gasteiger partial charge in [0.15, 0.2) is 6.17 Å². The molecule has 1 aliphatic heterocycles. The Bertz CT molecular complexity index is 818. The van der Waals surface area contributed by atoms with E-state index in [0.717, 1.165) is 0 Å². The predicted octanol–water partition coefficient (Wildman–Crippen LogP) is 3.54. The van der Waals surface area contributed by atoms with Crippen LogP contribution in [-0.4, -0.2) is 48.3 Å². The first-order valence-corrected chi connectivity index (χ1v) is 11.2. The minimum atomic E-state index is -3.57. The van der Waals surface area contributed by atoms with Gasteiger partial charge in [0.1, 0.15) is 7.14 Å². The summed E-state index contributed by atoms with van der Waals surface area (Å²) in [6.07, 6.45) is 1.77. The Balaban J connectivity index is 2.13. The molecule has 1 fully saturated rings. The van der Waals surface area contributed by atoms with Gasteiger partial charge in [-0.2, -0.15) is 0 Å². The molecule has 0 spiro atoms. The van der Waals surface area contributed by atoms with Crippen LogP contribution < -0.4 is 5.73 Å². The highest BCUT2D eigenvalue weighted by atomic mass is 31.2. The highest BCUT2D eigenvalue weighted by Crippen LogP contribution is 2.63. The lowest BCUT2D eigenvalue weighted by atomic mass is 9.90. The molecule has 0 bridgehead atoms. The van der Waals surface area contributed by atoms with Gasteiger partial charge >= 0.3 is 0 Å². The zero-order chi connectivity index (χ0) is 19.1. The SMILES string of the molecule is CP(C)(=O)C1(F)C(c2ccccc2)=CC=C(N2CCCC(N)C2=O)C1F. The van der Waals surface area contributed by atoms with Crippen molar-refractivity contribution in [3.8, 4) is 0 Å². The second kappa shape index (κ2) is 6.75. The van der Waals surface area contributed by atoms with E-state index in [9.17, 15) is 9.36 Å². The van der Waals surface area contributed by atoms with Crippen molar-refractivity contribution in [3.05, 3.63) is 53.7 Å². The summed E-state index contributed by atoms with van der Waals surface area (Å²) in [6.45, 7) is 2.76. The summed E-state index contributed by atoms with van der Waals surface area (Å²) in [7, 11) is -3.57. The van der Waals surface area contributed by atoms with Gasteiger partial charge in [0.05, 0.1) is 11.7 Å². The molecule has 3 unspecified atom stereocenters. The molecule has 140 valence electrons. The first-order valence-electron chi connectivity index (χ1n) is 8.60. The summed E-state index contributed by atoms with van der Waals surface area (Å²) in [4.78, 5) is 13.6. The van der Waals surface area contributed by atoms with E-state index in [1.807, 2.05) is 0 Å². The lowest BCUT2D eigenvalue weighted by molar-refractivity contribution is -0.133. The van der Waals surface area contributed by atoms with Gasteiger partial charge in [0.25, 0.3) is 0 Å². The number of amides is 1. The number of carbonyl (C=O) groups excluding carboxylic acids is 1. The standard InChI is InChI=1S/C19H23F2N2O2P/c1-26(2,25)19(21)14(13-7-4-3-5-8-13)10-11-16(17(19)20)23-12-6-9-15(22)18(23)24/h3-5,7-8,10-11,15,17H,6,9,12,22H2,1-2H3. The van der Waals surface area contributed by atoms with Gasteiger partial charge in [-0.15, -0.1) is 0 Å². The molecule has 1 amide bonds. The molecule has 7 heteroatoms.